The lowest BCUT2D eigenvalue weighted by molar-refractivity contribution is 1.13. The Kier molecular flexibility index (Phi) is 4.38. The van der Waals surface area contributed by atoms with Gasteiger partial charge in [0.1, 0.15) is 0 Å². The van der Waals surface area contributed by atoms with Crippen molar-refractivity contribution in [1.82, 2.24) is 13.7 Å². The second-order valence-electron chi connectivity index (χ2n) is 12.6. The van der Waals surface area contributed by atoms with Crippen LogP contribution < -0.4 is 0 Å². The third-order valence-corrected chi connectivity index (χ3v) is 10.00. The van der Waals surface area contributed by atoms with Crippen LogP contribution in [0.4, 0.5) is 0 Å². The highest BCUT2D eigenvalue weighted by Gasteiger charge is 2.22. The van der Waals surface area contributed by atoms with Crippen molar-refractivity contribution in [3.05, 3.63) is 188 Å². The maximum Gasteiger partial charge on any atom is 0.0782 e. The van der Waals surface area contributed by atoms with E-state index in [1.165, 1.54) is 0 Å². The van der Waals surface area contributed by atoms with Crippen molar-refractivity contribution in [3.63, 3.8) is 0 Å². The van der Waals surface area contributed by atoms with Gasteiger partial charge in [0.15, 0.2) is 0 Å². The lowest BCUT2D eigenvalue weighted by Gasteiger charge is -2.15. The molecule has 3 heteroatoms. The zero-order chi connectivity index (χ0) is 41.3. The van der Waals surface area contributed by atoms with E-state index in [1.807, 2.05) is 54.6 Å². The lowest BCUT2D eigenvalue weighted by atomic mass is 10.1. The molecule has 0 bridgehead atoms. The summed E-state index contributed by atoms with van der Waals surface area (Å²) in [7, 11) is 0. The molecule has 11 rings (SSSR count). The summed E-state index contributed by atoms with van der Waals surface area (Å²) in [6, 6.07) is 40.2. The summed E-state index contributed by atoms with van der Waals surface area (Å²) in [5.74, 6) is 0. The van der Waals surface area contributed by atoms with E-state index in [9.17, 15) is 5.48 Å². The van der Waals surface area contributed by atoms with Crippen molar-refractivity contribution in [2.24, 2.45) is 0 Å². The van der Waals surface area contributed by atoms with Gasteiger partial charge in [-0.25, -0.2) is 0 Å². The summed E-state index contributed by atoms with van der Waals surface area (Å²) < 4.78 is 85.8. The molecule has 0 atom stereocenters. The smallest absolute Gasteiger partial charge is 0.0782 e. The summed E-state index contributed by atoms with van der Waals surface area (Å²) in [6.45, 7) is 0. The average molecular weight is 659 g/mol. The van der Waals surface area contributed by atoms with Gasteiger partial charge in [0.25, 0.3) is 0 Å². The Labute approximate surface area is 307 Å². The average Bonchev–Trinajstić information content (AvgIpc) is 3.92. The summed E-state index contributed by atoms with van der Waals surface area (Å²) in [5, 5.41) is 6.04. The van der Waals surface area contributed by atoms with E-state index in [0.717, 1.165) is 65.8 Å². The van der Waals surface area contributed by atoms with Gasteiger partial charge in [-0.15, -0.1) is 0 Å². The molecule has 0 amide bonds. The molecule has 238 valence electrons. The van der Waals surface area contributed by atoms with E-state index >= 15 is 0 Å². The molecule has 3 heterocycles. The summed E-state index contributed by atoms with van der Waals surface area (Å²) in [4.78, 5) is 0. The molecule has 0 saturated heterocycles. The quantitative estimate of drug-likeness (QED) is 0.179. The van der Waals surface area contributed by atoms with Crippen molar-refractivity contribution in [2.45, 2.75) is 0 Å². The Bertz CT molecular complexity index is 3560. The fourth-order valence-electron chi connectivity index (χ4n) is 7.96. The van der Waals surface area contributed by atoms with Gasteiger partial charge in [-0.2, -0.15) is 0 Å². The van der Waals surface area contributed by atoms with E-state index in [4.69, 9.17) is 6.85 Å². The SMILES string of the molecule is [2H]c1c([2H])c([2H])c(-c2c([2H])c([2H])c(-n3c4ccccc4c4cccc(-n5c6ccccc6c6c(-n7c8ccccc8c8ccccc87)cccc65)c43)c([2H])c2[2H])c([2H])c1[2H]. The van der Waals surface area contributed by atoms with E-state index in [-0.39, 0.29) is 16.8 Å². The fourth-order valence-corrected chi connectivity index (χ4v) is 7.96. The molecule has 0 unspecified atom stereocenters. The highest BCUT2D eigenvalue weighted by molar-refractivity contribution is 6.18. The number of rotatable bonds is 4. The molecule has 51 heavy (non-hydrogen) atoms. The fraction of sp³-hybridized carbons (Fsp3) is 0. The highest BCUT2D eigenvalue weighted by Crippen LogP contribution is 2.42. The first-order chi connectivity index (χ1) is 29.1. The molecule has 0 aliphatic carbocycles. The van der Waals surface area contributed by atoms with Crippen LogP contribution in [0.5, 0.6) is 0 Å². The molecular weight excluding hydrogens is 619 g/mol. The Balaban J connectivity index is 1.26. The van der Waals surface area contributed by atoms with Gasteiger partial charge in [-0.1, -0.05) is 133 Å². The first kappa shape index (κ1) is 20.6. The largest absolute Gasteiger partial charge is 0.309 e. The van der Waals surface area contributed by atoms with Crippen LogP contribution >= 0.6 is 0 Å². The Morgan fingerprint density at radius 2 is 0.784 bits per heavy atom. The van der Waals surface area contributed by atoms with Gasteiger partial charge in [0.05, 0.1) is 56.8 Å². The van der Waals surface area contributed by atoms with Gasteiger partial charge < -0.3 is 13.7 Å². The molecule has 11 aromatic rings. The van der Waals surface area contributed by atoms with Crippen LogP contribution in [0.3, 0.4) is 0 Å². The number of fused-ring (bicyclic) bond motifs is 9. The Morgan fingerprint density at radius 3 is 1.45 bits per heavy atom. The van der Waals surface area contributed by atoms with Crippen LogP contribution in [-0.4, -0.2) is 13.7 Å². The molecule has 0 fully saturated rings. The van der Waals surface area contributed by atoms with Crippen LogP contribution in [0.2, 0.25) is 0 Å². The third-order valence-electron chi connectivity index (χ3n) is 10.00. The molecule has 0 spiro atoms. The molecule has 3 aromatic heterocycles. The molecule has 0 saturated carbocycles. The van der Waals surface area contributed by atoms with Crippen molar-refractivity contribution >= 4 is 65.4 Å². The van der Waals surface area contributed by atoms with Gasteiger partial charge in [0.2, 0.25) is 0 Å². The van der Waals surface area contributed by atoms with Crippen LogP contribution in [0, 0.1) is 0 Å². The number of hydrogen-bond acceptors (Lipinski definition) is 0. The van der Waals surface area contributed by atoms with Crippen LogP contribution in [0.15, 0.2) is 188 Å². The van der Waals surface area contributed by atoms with E-state index < -0.39 is 54.4 Å². The van der Waals surface area contributed by atoms with Crippen LogP contribution in [0.25, 0.3) is 93.6 Å². The predicted molar refractivity (Wildman–Crippen MR) is 215 cm³/mol. The second kappa shape index (κ2) is 10.8. The minimum absolute atomic E-state index is 0.0218. The summed E-state index contributed by atoms with van der Waals surface area (Å²) >= 11 is 0. The lowest BCUT2D eigenvalue weighted by Crippen LogP contribution is -2.01. The topological polar surface area (TPSA) is 14.8 Å². The maximum atomic E-state index is 9.51. The standard InChI is InChI=1S/C48H31N3/c1-2-14-32(15-3-1)33-28-30-34(31-29-33)49-40-21-8-6-18-37(40)38-20-12-27-46(48(38)49)51-43-24-11-7-19-39(43)47-44(25-13-26-45(47)51)50-41-22-9-4-16-35(41)36-17-5-10-23-42(36)50/h1-31H/i1D,2D,3D,14D,15D,28D,29D,30D,31D. The first-order valence-corrected chi connectivity index (χ1v) is 16.8. The number of aromatic nitrogens is 3. The molecule has 3 nitrogen and oxygen atoms in total. The van der Waals surface area contributed by atoms with Gasteiger partial charge in [-0.05, 0) is 65.7 Å². The third kappa shape index (κ3) is 4.00. The number of nitrogens with zero attached hydrogens (tertiary/aromatic N) is 3. The molecule has 0 aliphatic heterocycles. The zero-order valence-electron chi connectivity index (χ0n) is 36.0. The predicted octanol–water partition coefficient (Wildman–Crippen LogP) is 12.6. The van der Waals surface area contributed by atoms with E-state index in [1.54, 1.807) is 4.57 Å². The van der Waals surface area contributed by atoms with Crippen molar-refractivity contribution in [3.8, 4) is 28.2 Å². The van der Waals surface area contributed by atoms with Gasteiger partial charge >= 0.3 is 0 Å². The van der Waals surface area contributed by atoms with Crippen molar-refractivity contribution in [2.75, 3.05) is 0 Å². The summed E-state index contributed by atoms with van der Waals surface area (Å²) in [6.07, 6.45) is 0. The molecule has 0 radical (unpaired) electrons. The van der Waals surface area contributed by atoms with Gasteiger partial charge in [0, 0.05) is 38.0 Å². The van der Waals surface area contributed by atoms with Crippen LogP contribution in [-0.2, 0) is 0 Å². The molecule has 0 aliphatic rings. The van der Waals surface area contributed by atoms with Crippen molar-refractivity contribution < 1.29 is 12.3 Å². The minimum Gasteiger partial charge on any atom is -0.309 e. The molecular formula is C48H31N3. The normalized spacial score (nSPS) is 14.4. The van der Waals surface area contributed by atoms with Crippen LogP contribution in [0.1, 0.15) is 12.3 Å². The van der Waals surface area contributed by atoms with Crippen molar-refractivity contribution in [1.29, 1.82) is 0 Å². The molecule has 8 aromatic carbocycles. The maximum absolute atomic E-state index is 9.51. The number of benzene rings is 8. The number of para-hydroxylation sites is 5. The monoisotopic (exact) mass is 658 g/mol. The number of hydrogen-bond donors (Lipinski definition) is 0. The van der Waals surface area contributed by atoms with E-state index in [0.29, 0.717) is 11.0 Å². The van der Waals surface area contributed by atoms with Gasteiger partial charge in [-0.3, -0.25) is 0 Å². The minimum atomic E-state index is -0.619. The second-order valence-corrected chi connectivity index (χ2v) is 12.6. The first-order valence-electron chi connectivity index (χ1n) is 21.3. The Hall–Kier alpha value is -6.84. The molecule has 0 N–H and O–H groups in total. The zero-order valence-corrected chi connectivity index (χ0v) is 27.0. The Morgan fingerprint density at radius 1 is 0.333 bits per heavy atom. The van der Waals surface area contributed by atoms with E-state index in [2.05, 4.69) is 88.0 Å². The highest BCUT2D eigenvalue weighted by atomic mass is 15.1. The summed E-state index contributed by atoms with van der Waals surface area (Å²) in [5.41, 5.74) is 6.34.